The molecule has 0 aliphatic rings. The van der Waals surface area contributed by atoms with Gasteiger partial charge < -0.3 is 20.9 Å². The van der Waals surface area contributed by atoms with Crippen LogP contribution in [0.2, 0.25) is 0 Å². The number of nitrogens with zero attached hydrogens (tertiary/aromatic N) is 2. The predicted octanol–water partition coefficient (Wildman–Crippen LogP) is 4.37. The van der Waals surface area contributed by atoms with Gasteiger partial charge in [0.2, 0.25) is 0 Å². The van der Waals surface area contributed by atoms with Crippen molar-refractivity contribution in [2.45, 2.75) is 33.1 Å². The molecule has 0 saturated heterocycles. The maximum Gasteiger partial charge on any atom is 0.0488 e. The molecule has 31 heavy (non-hydrogen) atoms. The van der Waals surface area contributed by atoms with E-state index >= 15 is 0 Å². The largest absolute Gasteiger partial charge is 0.399 e. The maximum atomic E-state index is 5.71. The fourth-order valence-corrected chi connectivity index (χ4v) is 2.93. The summed E-state index contributed by atoms with van der Waals surface area (Å²) < 4.78 is 11.3. The van der Waals surface area contributed by atoms with E-state index in [2.05, 4.69) is 9.98 Å². The highest BCUT2D eigenvalue weighted by Crippen LogP contribution is 2.08. The quantitative estimate of drug-likeness (QED) is 0.267. The Hall–Kier alpha value is -2.70. The second-order valence-electron chi connectivity index (χ2n) is 7.46. The van der Waals surface area contributed by atoms with Gasteiger partial charge in [-0.25, -0.2) is 0 Å². The molecule has 0 unspecified atom stereocenters. The minimum Gasteiger partial charge on any atom is -0.399 e. The molecular formula is C25H36N4O2. The molecule has 0 saturated carbocycles. The topological polar surface area (TPSA) is 95.2 Å². The Balaban J connectivity index is 1.42. The second-order valence-corrected chi connectivity index (χ2v) is 7.46. The summed E-state index contributed by atoms with van der Waals surface area (Å²) in [7, 11) is 0. The van der Waals surface area contributed by atoms with Gasteiger partial charge in [0.25, 0.3) is 0 Å². The van der Waals surface area contributed by atoms with Crippen LogP contribution in [0.3, 0.4) is 0 Å². The van der Waals surface area contributed by atoms with Crippen molar-refractivity contribution >= 4 is 22.8 Å². The van der Waals surface area contributed by atoms with Crippen LogP contribution in [0.15, 0.2) is 58.5 Å². The van der Waals surface area contributed by atoms with Crippen LogP contribution in [0, 0.1) is 0 Å². The van der Waals surface area contributed by atoms with E-state index in [0.717, 1.165) is 92.7 Å². The van der Waals surface area contributed by atoms with Gasteiger partial charge in [0.15, 0.2) is 0 Å². The van der Waals surface area contributed by atoms with Crippen molar-refractivity contribution in [3.63, 3.8) is 0 Å². The van der Waals surface area contributed by atoms with Crippen LogP contribution in [0.1, 0.15) is 44.2 Å². The summed E-state index contributed by atoms with van der Waals surface area (Å²) in [5.41, 5.74) is 17.2. The zero-order valence-corrected chi connectivity index (χ0v) is 18.8. The molecule has 6 nitrogen and oxygen atoms in total. The Morgan fingerprint density at radius 2 is 0.968 bits per heavy atom. The first kappa shape index (κ1) is 24.6. The van der Waals surface area contributed by atoms with Crippen LogP contribution in [0.4, 0.5) is 11.4 Å². The van der Waals surface area contributed by atoms with Crippen LogP contribution in [0.25, 0.3) is 0 Å². The second kappa shape index (κ2) is 14.3. The lowest BCUT2D eigenvalue weighted by Gasteiger charge is -2.06. The summed E-state index contributed by atoms with van der Waals surface area (Å²) in [4.78, 5) is 9.18. The summed E-state index contributed by atoms with van der Waals surface area (Å²) in [6.07, 6.45) is 2.73. The van der Waals surface area contributed by atoms with Gasteiger partial charge in [-0.3, -0.25) is 9.98 Å². The van der Waals surface area contributed by atoms with Gasteiger partial charge >= 0.3 is 0 Å². The number of benzene rings is 2. The third-order valence-electron chi connectivity index (χ3n) is 4.83. The van der Waals surface area contributed by atoms with Crippen molar-refractivity contribution in [1.82, 2.24) is 0 Å². The number of nitrogen functional groups attached to an aromatic ring is 2. The fraction of sp³-hybridized carbons (Fsp3) is 0.440. The minimum absolute atomic E-state index is 0.717. The molecule has 4 N–H and O–H groups in total. The van der Waals surface area contributed by atoms with Crippen molar-refractivity contribution in [3.05, 3.63) is 59.7 Å². The van der Waals surface area contributed by atoms with E-state index in [9.17, 15) is 0 Å². The Bertz CT molecular complexity index is 745. The van der Waals surface area contributed by atoms with Gasteiger partial charge in [-0.1, -0.05) is 24.3 Å². The molecule has 0 bridgehead atoms. The average molecular weight is 425 g/mol. The highest BCUT2D eigenvalue weighted by molar-refractivity contribution is 5.99. The maximum absolute atomic E-state index is 5.71. The van der Waals surface area contributed by atoms with Gasteiger partial charge in [-0.15, -0.1) is 0 Å². The molecule has 0 aliphatic carbocycles. The smallest absolute Gasteiger partial charge is 0.0488 e. The molecule has 0 aromatic heterocycles. The molecule has 0 aliphatic heterocycles. The molecule has 0 radical (unpaired) electrons. The van der Waals surface area contributed by atoms with Crippen LogP contribution < -0.4 is 11.5 Å². The van der Waals surface area contributed by atoms with E-state index in [1.54, 1.807) is 0 Å². The standard InChI is InChI=1S/C25H36N4O2/c1-20(22-6-10-24(26)11-7-22)28-14-3-16-30-18-5-19-31-17-4-15-29-21(2)23-8-12-25(27)13-9-23/h6-13H,3-5,14-19,26-27H2,1-2H3/b28-20-,29-21-. The summed E-state index contributed by atoms with van der Waals surface area (Å²) in [6, 6.07) is 15.6. The van der Waals surface area contributed by atoms with E-state index < -0.39 is 0 Å². The van der Waals surface area contributed by atoms with Gasteiger partial charge in [0, 0.05) is 62.3 Å². The average Bonchev–Trinajstić information content (AvgIpc) is 2.77. The summed E-state index contributed by atoms with van der Waals surface area (Å²) in [5, 5.41) is 0. The SMILES string of the molecule is C/C(=N/CCCOCCCOCCC/N=C(/C)c1ccc(N)cc1)c1ccc(N)cc1. The normalized spacial score (nSPS) is 12.3. The van der Waals surface area contributed by atoms with Gasteiger partial charge in [0.1, 0.15) is 0 Å². The third-order valence-corrected chi connectivity index (χ3v) is 4.83. The van der Waals surface area contributed by atoms with E-state index in [-0.39, 0.29) is 0 Å². The van der Waals surface area contributed by atoms with Gasteiger partial charge in [-0.05, 0) is 68.5 Å². The lowest BCUT2D eigenvalue weighted by molar-refractivity contribution is 0.0821. The minimum atomic E-state index is 0.717. The van der Waals surface area contributed by atoms with E-state index in [0.29, 0.717) is 0 Å². The van der Waals surface area contributed by atoms with Crippen molar-refractivity contribution < 1.29 is 9.47 Å². The number of hydrogen-bond acceptors (Lipinski definition) is 6. The van der Waals surface area contributed by atoms with E-state index in [1.807, 2.05) is 62.4 Å². The fourth-order valence-electron chi connectivity index (χ4n) is 2.93. The molecule has 0 atom stereocenters. The van der Waals surface area contributed by atoms with Crippen molar-refractivity contribution in [2.24, 2.45) is 9.98 Å². The predicted molar refractivity (Wildman–Crippen MR) is 131 cm³/mol. The zero-order valence-electron chi connectivity index (χ0n) is 18.8. The van der Waals surface area contributed by atoms with E-state index in [4.69, 9.17) is 20.9 Å². The number of hydrogen-bond donors (Lipinski definition) is 2. The molecule has 6 heteroatoms. The lowest BCUT2D eigenvalue weighted by atomic mass is 10.1. The Kier molecular flexibility index (Phi) is 11.4. The van der Waals surface area contributed by atoms with Crippen LogP contribution in [-0.2, 0) is 9.47 Å². The molecule has 0 amide bonds. The lowest BCUT2D eigenvalue weighted by Crippen LogP contribution is -2.05. The Labute approximate surface area is 186 Å². The van der Waals surface area contributed by atoms with Crippen LogP contribution in [0.5, 0.6) is 0 Å². The highest BCUT2D eigenvalue weighted by Gasteiger charge is 1.98. The molecule has 2 rings (SSSR count). The zero-order chi connectivity index (χ0) is 22.3. The highest BCUT2D eigenvalue weighted by atomic mass is 16.5. The van der Waals surface area contributed by atoms with Crippen molar-refractivity contribution in [3.8, 4) is 0 Å². The van der Waals surface area contributed by atoms with Gasteiger partial charge in [-0.2, -0.15) is 0 Å². The molecule has 0 spiro atoms. The first-order chi connectivity index (χ1) is 15.1. The number of aliphatic imine (C=N–C) groups is 2. The Morgan fingerprint density at radius 1 is 0.613 bits per heavy atom. The monoisotopic (exact) mass is 424 g/mol. The summed E-state index contributed by atoms with van der Waals surface area (Å²) in [5.74, 6) is 0. The first-order valence-electron chi connectivity index (χ1n) is 11.0. The molecule has 0 fully saturated rings. The van der Waals surface area contributed by atoms with Crippen molar-refractivity contribution in [1.29, 1.82) is 0 Å². The molecule has 2 aromatic rings. The first-order valence-corrected chi connectivity index (χ1v) is 11.0. The summed E-state index contributed by atoms with van der Waals surface area (Å²) in [6.45, 7) is 8.45. The number of rotatable bonds is 14. The molecular weight excluding hydrogens is 388 g/mol. The number of anilines is 2. The van der Waals surface area contributed by atoms with Crippen LogP contribution >= 0.6 is 0 Å². The van der Waals surface area contributed by atoms with Gasteiger partial charge in [0.05, 0.1) is 0 Å². The van der Waals surface area contributed by atoms with E-state index in [1.165, 1.54) is 0 Å². The molecule has 2 aromatic carbocycles. The number of ether oxygens (including phenoxy) is 2. The molecule has 168 valence electrons. The van der Waals surface area contributed by atoms with Crippen molar-refractivity contribution in [2.75, 3.05) is 51.0 Å². The number of nitrogens with two attached hydrogens (primary N) is 2. The van der Waals surface area contributed by atoms with Crippen LogP contribution in [-0.4, -0.2) is 50.9 Å². The summed E-state index contributed by atoms with van der Waals surface area (Å²) >= 11 is 0. The third kappa shape index (κ3) is 10.2. The molecule has 0 heterocycles. The Morgan fingerprint density at radius 3 is 1.35 bits per heavy atom.